The van der Waals surface area contributed by atoms with Crippen LogP contribution in [-0.2, 0) is 4.79 Å². The minimum absolute atomic E-state index is 0.104. The monoisotopic (exact) mass is 289 g/mol. The van der Waals surface area contributed by atoms with Gasteiger partial charge in [-0.3, -0.25) is 4.79 Å². The molecular weight excluding hydrogens is 262 g/mol. The smallest absolute Gasteiger partial charge is 0.227 e. The van der Waals surface area contributed by atoms with Crippen LogP contribution in [0.3, 0.4) is 0 Å². The summed E-state index contributed by atoms with van der Waals surface area (Å²) in [5.74, 6) is 1.28. The van der Waals surface area contributed by atoms with Gasteiger partial charge in [0.25, 0.3) is 0 Å². The van der Waals surface area contributed by atoms with Crippen LogP contribution in [0.15, 0.2) is 18.2 Å². The highest BCUT2D eigenvalue weighted by molar-refractivity contribution is 5.92. The fourth-order valence-corrected chi connectivity index (χ4v) is 3.14. The highest BCUT2D eigenvalue weighted by Gasteiger charge is 2.26. The molecule has 1 aromatic carbocycles. The molecule has 2 rings (SSSR count). The molecule has 1 aliphatic carbocycles. The zero-order chi connectivity index (χ0) is 15.2. The molecule has 1 fully saturated rings. The van der Waals surface area contributed by atoms with Crippen molar-refractivity contribution in [3.8, 4) is 5.75 Å². The molecule has 0 heterocycles. The van der Waals surface area contributed by atoms with Gasteiger partial charge in [0.2, 0.25) is 5.91 Å². The Balaban J connectivity index is 1.83. The Bertz CT molecular complexity index is 476. The van der Waals surface area contributed by atoms with Crippen molar-refractivity contribution in [1.82, 2.24) is 0 Å². The zero-order valence-corrected chi connectivity index (χ0v) is 13.2. The largest absolute Gasteiger partial charge is 0.508 e. The lowest BCUT2D eigenvalue weighted by Gasteiger charge is -2.27. The molecular formula is C18H27NO2. The molecule has 116 valence electrons. The molecule has 3 nitrogen and oxygen atoms in total. The van der Waals surface area contributed by atoms with Gasteiger partial charge in [0.05, 0.1) is 0 Å². The molecule has 0 radical (unpaired) electrons. The number of hydrogen-bond acceptors (Lipinski definition) is 2. The van der Waals surface area contributed by atoms with E-state index >= 15 is 0 Å². The quantitative estimate of drug-likeness (QED) is 0.830. The second kappa shape index (κ2) is 7.48. The minimum atomic E-state index is 0.104. The predicted octanol–water partition coefficient (Wildman–Crippen LogP) is 4.64. The van der Waals surface area contributed by atoms with Gasteiger partial charge in [0, 0.05) is 17.7 Å². The molecule has 1 aromatic rings. The SMILES string of the molecule is CCCCC1CCC(C(=O)Nc2ccc(C)c(O)c2)CC1. The molecule has 0 saturated heterocycles. The molecule has 1 amide bonds. The van der Waals surface area contributed by atoms with Crippen LogP contribution in [0.4, 0.5) is 5.69 Å². The van der Waals surface area contributed by atoms with E-state index in [1.54, 1.807) is 6.07 Å². The molecule has 0 unspecified atom stereocenters. The highest BCUT2D eigenvalue weighted by Crippen LogP contribution is 2.32. The van der Waals surface area contributed by atoms with E-state index in [4.69, 9.17) is 0 Å². The molecule has 1 aliphatic rings. The van der Waals surface area contributed by atoms with Crippen LogP contribution in [0.2, 0.25) is 0 Å². The maximum Gasteiger partial charge on any atom is 0.227 e. The Morgan fingerprint density at radius 3 is 2.62 bits per heavy atom. The van der Waals surface area contributed by atoms with Crippen LogP contribution in [0.1, 0.15) is 57.4 Å². The lowest BCUT2D eigenvalue weighted by Crippen LogP contribution is -2.27. The number of phenolic OH excluding ortho intramolecular Hbond substituents is 1. The highest BCUT2D eigenvalue weighted by atomic mass is 16.3. The summed E-state index contributed by atoms with van der Waals surface area (Å²) in [4.78, 5) is 12.3. The van der Waals surface area contributed by atoms with E-state index < -0.39 is 0 Å². The van der Waals surface area contributed by atoms with E-state index in [-0.39, 0.29) is 17.6 Å². The van der Waals surface area contributed by atoms with Crippen molar-refractivity contribution >= 4 is 11.6 Å². The summed E-state index contributed by atoms with van der Waals surface area (Å²) in [5, 5.41) is 12.6. The topological polar surface area (TPSA) is 49.3 Å². The molecule has 0 spiro atoms. The molecule has 3 heteroatoms. The standard InChI is InChI=1S/C18H27NO2/c1-3-4-5-14-7-9-15(10-8-14)18(21)19-16-11-6-13(2)17(20)12-16/h6,11-12,14-15,20H,3-5,7-10H2,1-2H3,(H,19,21). The van der Waals surface area contributed by atoms with E-state index in [2.05, 4.69) is 12.2 Å². The zero-order valence-electron chi connectivity index (χ0n) is 13.2. The molecule has 0 bridgehead atoms. The number of benzene rings is 1. The van der Waals surface area contributed by atoms with Crippen LogP contribution >= 0.6 is 0 Å². The maximum absolute atomic E-state index is 12.3. The summed E-state index contributed by atoms with van der Waals surface area (Å²) < 4.78 is 0. The second-order valence-electron chi connectivity index (χ2n) is 6.35. The lowest BCUT2D eigenvalue weighted by atomic mass is 9.79. The number of aryl methyl sites for hydroxylation is 1. The first-order chi connectivity index (χ1) is 10.1. The summed E-state index contributed by atoms with van der Waals surface area (Å²) in [5.41, 5.74) is 1.51. The van der Waals surface area contributed by atoms with Gasteiger partial charge < -0.3 is 10.4 Å². The summed E-state index contributed by atoms with van der Waals surface area (Å²) in [6, 6.07) is 5.30. The number of phenols is 1. The predicted molar refractivity (Wildman–Crippen MR) is 86.4 cm³/mol. The molecule has 0 atom stereocenters. The number of carbonyl (C=O) groups excluding carboxylic acids is 1. The van der Waals surface area contributed by atoms with Gasteiger partial charge in [0.15, 0.2) is 0 Å². The van der Waals surface area contributed by atoms with Gasteiger partial charge in [-0.15, -0.1) is 0 Å². The van der Waals surface area contributed by atoms with Crippen molar-refractivity contribution in [2.75, 3.05) is 5.32 Å². The number of aromatic hydroxyl groups is 1. The molecule has 0 aliphatic heterocycles. The summed E-state index contributed by atoms with van der Waals surface area (Å²) in [6.45, 7) is 4.08. The fourth-order valence-electron chi connectivity index (χ4n) is 3.14. The number of unbranched alkanes of at least 4 members (excludes halogenated alkanes) is 1. The normalized spacial score (nSPS) is 22.0. The van der Waals surface area contributed by atoms with Crippen LogP contribution in [0, 0.1) is 18.8 Å². The van der Waals surface area contributed by atoms with Gasteiger partial charge >= 0.3 is 0 Å². The number of nitrogens with one attached hydrogen (secondary N) is 1. The molecule has 0 aromatic heterocycles. The third-order valence-electron chi connectivity index (χ3n) is 4.66. The number of amides is 1. The van der Waals surface area contributed by atoms with Crippen molar-refractivity contribution in [2.45, 2.75) is 58.8 Å². The Morgan fingerprint density at radius 2 is 2.00 bits per heavy atom. The Kier molecular flexibility index (Phi) is 5.66. The van der Waals surface area contributed by atoms with Gasteiger partial charge in [0.1, 0.15) is 5.75 Å². The van der Waals surface area contributed by atoms with Crippen LogP contribution in [-0.4, -0.2) is 11.0 Å². The van der Waals surface area contributed by atoms with E-state index in [0.29, 0.717) is 5.69 Å². The van der Waals surface area contributed by atoms with Crippen LogP contribution in [0.5, 0.6) is 5.75 Å². The second-order valence-corrected chi connectivity index (χ2v) is 6.35. The molecule has 21 heavy (non-hydrogen) atoms. The fraction of sp³-hybridized carbons (Fsp3) is 0.611. The number of hydrogen-bond donors (Lipinski definition) is 2. The number of rotatable bonds is 5. The van der Waals surface area contributed by atoms with E-state index in [9.17, 15) is 9.90 Å². The van der Waals surface area contributed by atoms with Crippen LogP contribution < -0.4 is 5.32 Å². The Morgan fingerprint density at radius 1 is 1.29 bits per heavy atom. The first-order valence-corrected chi connectivity index (χ1v) is 8.20. The number of carbonyl (C=O) groups is 1. The van der Waals surface area contributed by atoms with Crippen molar-refractivity contribution in [1.29, 1.82) is 0 Å². The van der Waals surface area contributed by atoms with Gasteiger partial charge in [-0.2, -0.15) is 0 Å². The molecule has 2 N–H and O–H groups in total. The first-order valence-electron chi connectivity index (χ1n) is 8.20. The van der Waals surface area contributed by atoms with Crippen molar-refractivity contribution in [3.63, 3.8) is 0 Å². The summed E-state index contributed by atoms with van der Waals surface area (Å²) in [6.07, 6.45) is 8.24. The first kappa shape index (κ1) is 15.9. The average molecular weight is 289 g/mol. The Labute approximate surface area is 127 Å². The van der Waals surface area contributed by atoms with E-state index in [0.717, 1.165) is 24.3 Å². The van der Waals surface area contributed by atoms with E-state index in [1.165, 1.54) is 32.1 Å². The minimum Gasteiger partial charge on any atom is -0.508 e. The van der Waals surface area contributed by atoms with Gasteiger partial charge in [-0.05, 0) is 50.2 Å². The summed E-state index contributed by atoms with van der Waals surface area (Å²) in [7, 11) is 0. The van der Waals surface area contributed by atoms with E-state index in [1.807, 2.05) is 19.1 Å². The third kappa shape index (κ3) is 4.48. The maximum atomic E-state index is 12.3. The van der Waals surface area contributed by atoms with Crippen molar-refractivity contribution in [2.24, 2.45) is 11.8 Å². The Hall–Kier alpha value is -1.51. The van der Waals surface area contributed by atoms with Crippen LogP contribution in [0.25, 0.3) is 0 Å². The number of anilines is 1. The van der Waals surface area contributed by atoms with Crippen molar-refractivity contribution in [3.05, 3.63) is 23.8 Å². The summed E-state index contributed by atoms with van der Waals surface area (Å²) >= 11 is 0. The molecule has 1 saturated carbocycles. The van der Waals surface area contributed by atoms with Crippen molar-refractivity contribution < 1.29 is 9.90 Å². The van der Waals surface area contributed by atoms with Gasteiger partial charge in [-0.1, -0.05) is 32.3 Å². The van der Waals surface area contributed by atoms with Gasteiger partial charge in [-0.25, -0.2) is 0 Å². The average Bonchev–Trinajstić information content (AvgIpc) is 2.49. The third-order valence-corrected chi connectivity index (χ3v) is 4.66. The lowest BCUT2D eigenvalue weighted by molar-refractivity contribution is -0.121.